The lowest BCUT2D eigenvalue weighted by molar-refractivity contribution is 0.276. The van der Waals surface area contributed by atoms with Gasteiger partial charge in [-0.3, -0.25) is 4.98 Å². The van der Waals surface area contributed by atoms with Crippen molar-refractivity contribution in [3.8, 4) is 11.6 Å². The van der Waals surface area contributed by atoms with Crippen molar-refractivity contribution in [2.75, 3.05) is 0 Å². The average Bonchev–Trinajstić information content (AvgIpc) is 2.30. The number of nitrogens with zero attached hydrogens (tertiary/aromatic N) is 2. The van der Waals surface area contributed by atoms with Crippen molar-refractivity contribution in [1.82, 2.24) is 9.97 Å². The quantitative estimate of drug-likeness (QED) is 0.853. The van der Waals surface area contributed by atoms with E-state index < -0.39 is 0 Å². The number of hydrogen-bond acceptors (Lipinski definition) is 4. The Kier molecular flexibility index (Phi) is 3.12. The number of aryl methyl sites for hydroxylation is 1. The minimum atomic E-state index is -0.113. The van der Waals surface area contributed by atoms with Gasteiger partial charge in [-0.1, -0.05) is 12.1 Å². The van der Waals surface area contributed by atoms with Gasteiger partial charge in [-0.2, -0.15) is 0 Å². The van der Waals surface area contributed by atoms with Gasteiger partial charge < -0.3 is 9.84 Å². The summed E-state index contributed by atoms with van der Waals surface area (Å²) >= 11 is 0. The number of aromatic nitrogens is 2. The highest BCUT2D eigenvalue weighted by Crippen LogP contribution is 2.19. The third-order valence-electron chi connectivity index (χ3n) is 2.06. The normalized spacial score (nSPS) is 10.1. The topological polar surface area (TPSA) is 55.2 Å². The predicted molar refractivity (Wildman–Crippen MR) is 59.2 cm³/mol. The van der Waals surface area contributed by atoms with Crippen molar-refractivity contribution >= 4 is 0 Å². The lowest BCUT2D eigenvalue weighted by Gasteiger charge is -2.04. The van der Waals surface area contributed by atoms with Crippen molar-refractivity contribution < 1.29 is 9.84 Å². The van der Waals surface area contributed by atoms with Crippen molar-refractivity contribution in [3.63, 3.8) is 0 Å². The molecule has 1 aromatic carbocycles. The van der Waals surface area contributed by atoms with Crippen molar-refractivity contribution in [2.45, 2.75) is 13.5 Å². The molecule has 82 valence electrons. The van der Waals surface area contributed by atoms with Crippen LogP contribution >= 0.6 is 0 Å². The molecule has 0 radical (unpaired) electrons. The van der Waals surface area contributed by atoms with E-state index in [0.29, 0.717) is 11.6 Å². The van der Waals surface area contributed by atoms with Crippen LogP contribution in [0.25, 0.3) is 0 Å². The molecule has 0 spiro atoms. The molecule has 0 amide bonds. The molecule has 2 rings (SSSR count). The summed E-state index contributed by atoms with van der Waals surface area (Å²) in [5, 5.41) is 8.81. The molecule has 0 aliphatic heterocycles. The highest BCUT2D eigenvalue weighted by molar-refractivity contribution is 5.30. The molecule has 16 heavy (non-hydrogen) atoms. The number of hydrogen-bond donors (Lipinski definition) is 1. The Morgan fingerprint density at radius 1 is 1.25 bits per heavy atom. The summed E-state index contributed by atoms with van der Waals surface area (Å²) in [6.45, 7) is 1.88. The van der Waals surface area contributed by atoms with E-state index in [0.717, 1.165) is 11.3 Å². The third kappa shape index (κ3) is 2.55. The molecule has 0 saturated heterocycles. The minimum Gasteiger partial charge on any atom is -0.437 e. The Bertz CT molecular complexity index is 469. The Balaban J connectivity index is 2.14. The highest BCUT2D eigenvalue weighted by Gasteiger charge is 1.99. The molecule has 0 fully saturated rings. The fraction of sp³-hybridized carbons (Fsp3) is 0.167. The van der Waals surface area contributed by atoms with Crippen LogP contribution in [-0.4, -0.2) is 15.1 Å². The first-order chi connectivity index (χ1) is 7.78. The molecule has 0 saturated carbocycles. The first kappa shape index (κ1) is 10.6. The van der Waals surface area contributed by atoms with E-state index in [4.69, 9.17) is 9.84 Å². The van der Waals surface area contributed by atoms with Crippen LogP contribution in [0.2, 0.25) is 0 Å². The number of aliphatic hydroxyl groups excluding tert-OH is 1. The van der Waals surface area contributed by atoms with E-state index in [2.05, 4.69) is 9.97 Å². The molecule has 2 aromatic rings. The van der Waals surface area contributed by atoms with E-state index in [1.54, 1.807) is 0 Å². The Hall–Kier alpha value is -1.94. The summed E-state index contributed by atoms with van der Waals surface area (Å²) in [5.41, 5.74) is 1.65. The molecule has 0 aliphatic rings. The van der Waals surface area contributed by atoms with E-state index in [1.807, 2.05) is 31.2 Å². The molecule has 1 aromatic heterocycles. The zero-order valence-electron chi connectivity index (χ0n) is 8.92. The van der Waals surface area contributed by atoms with Crippen LogP contribution in [0.15, 0.2) is 36.7 Å². The zero-order chi connectivity index (χ0) is 11.4. The first-order valence-electron chi connectivity index (χ1n) is 4.94. The van der Waals surface area contributed by atoms with Gasteiger partial charge in [0.05, 0.1) is 24.7 Å². The summed E-state index contributed by atoms with van der Waals surface area (Å²) in [5.74, 6) is 1.15. The molecule has 0 unspecified atom stereocenters. The lowest BCUT2D eigenvalue weighted by Crippen LogP contribution is -1.93. The second-order valence-electron chi connectivity index (χ2n) is 3.42. The van der Waals surface area contributed by atoms with Gasteiger partial charge in [0.25, 0.3) is 0 Å². The Morgan fingerprint density at radius 3 is 2.75 bits per heavy atom. The number of rotatable bonds is 3. The maximum atomic E-state index is 8.81. The van der Waals surface area contributed by atoms with Gasteiger partial charge in [0.2, 0.25) is 5.88 Å². The highest BCUT2D eigenvalue weighted by atomic mass is 16.5. The Labute approximate surface area is 93.6 Å². The van der Waals surface area contributed by atoms with Crippen LogP contribution in [0.3, 0.4) is 0 Å². The van der Waals surface area contributed by atoms with Gasteiger partial charge in [-0.05, 0) is 24.6 Å². The smallest absolute Gasteiger partial charge is 0.237 e. The van der Waals surface area contributed by atoms with Crippen LogP contribution in [0, 0.1) is 6.92 Å². The van der Waals surface area contributed by atoms with Gasteiger partial charge >= 0.3 is 0 Å². The molecule has 0 aliphatic carbocycles. The molecular formula is C12H12N2O2. The number of benzene rings is 1. The van der Waals surface area contributed by atoms with Crippen molar-refractivity contribution in [2.24, 2.45) is 0 Å². The van der Waals surface area contributed by atoms with Crippen molar-refractivity contribution in [1.29, 1.82) is 0 Å². The zero-order valence-corrected chi connectivity index (χ0v) is 8.92. The summed E-state index contributed by atoms with van der Waals surface area (Å²) in [4.78, 5) is 8.01. The monoisotopic (exact) mass is 216 g/mol. The van der Waals surface area contributed by atoms with Gasteiger partial charge in [0.1, 0.15) is 5.75 Å². The maximum absolute atomic E-state index is 8.81. The summed E-state index contributed by atoms with van der Waals surface area (Å²) in [6, 6.07) is 7.68. The largest absolute Gasteiger partial charge is 0.437 e. The maximum Gasteiger partial charge on any atom is 0.237 e. The second-order valence-corrected chi connectivity index (χ2v) is 3.42. The van der Waals surface area contributed by atoms with Crippen molar-refractivity contribution in [3.05, 3.63) is 47.9 Å². The van der Waals surface area contributed by atoms with Gasteiger partial charge in [0, 0.05) is 0 Å². The lowest BCUT2D eigenvalue weighted by atomic mass is 10.2. The minimum absolute atomic E-state index is 0.113. The predicted octanol–water partition coefficient (Wildman–Crippen LogP) is 2.07. The summed E-state index contributed by atoms with van der Waals surface area (Å²) in [6.07, 6.45) is 2.99. The molecule has 1 heterocycles. The van der Waals surface area contributed by atoms with Crippen LogP contribution in [0.5, 0.6) is 11.6 Å². The van der Waals surface area contributed by atoms with Gasteiger partial charge in [-0.25, -0.2) is 4.98 Å². The average molecular weight is 216 g/mol. The van der Waals surface area contributed by atoms with Crippen LogP contribution in [-0.2, 0) is 6.61 Å². The second kappa shape index (κ2) is 4.72. The molecule has 4 heteroatoms. The van der Waals surface area contributed by atoms with Crippen LogP contribution < -0.4 is 4.74 Å². The van der Waals surface area contributed by atoms with Crippen LogP contribution in [0.1, 0.15) is 11.3 Å². The van der Waals surface area contributed by atoms with E-state index in [-0.39, 0.29) is 6.61 Å². The fourth-order valence-corrected chi connectivity index (χ4v) is 1.28. The molecule has 0 atom stereocenters. The number of ether oxygens (including phenoxy) is 1. The van der Waals surface area contributed by atoms with Crippen LogP contribution in [0.4, 0.5) is 0 Å². The molecule has 4 nitrogen and oxygen atoms in total. The standard InChI is InChI=1S/C12H12N2O2/c1-9-3-2-4-11(5-9)16-12-7-13-10(8-15)6-14-12/h2-7,15H,8H2,1H3. The summed E-state index contributed by atoms with van der Waals surface area (Å²) in [7, 11) is 0. The Morgan fingerprint density at radius 2 is 2.12 bits per heavy atom. The molecule has 1 N–H and O–H groups in total. The fourth-order valence-electron chi connectivity index (χ4n) is 1.28. The SMILES string of the molecule is Cc1cccc(Oc2cnc(CO)cn2)c1. The van der Waals surface area contributed by atoms with E-state index in [9.17, 15) is 0 Å². The third-order valence-corrected chi connectivity index (χ3v) is 2.06. The van der Waals surface area contributed by atoms with Gasteiger partial charge in [-0.15, -0.1) is 0 Å². The van der Waals surface area contributed by atoms with E-state index in [1.165, 1.54) is 12.4 Å². The summed E-state index contributed by atoms with van der Waals surface area (Å²) < 4.78 is 5.50. The molecular weight excluding hydrogens is 204 g/mol. The first-order valence-corrected chi connectivity index (χ1v) is 4.94. The van der Waals surface area contributed by atoms with Gasteiger partial charge in [0.15, 0.2) is 0 Å². The molecule has 0 bridgehead atoms. The van der Waals surface area contributed by atoms with E-state index >= 15 is 0 Å². The number of aliphatic hydroxyl groups is 1.